The number of ether oxygens (including phenoxy) is 2. The Bertz CT molecular complexity index is 729. The molecular weight excluding hydrogens is 531 g/mol. The van der Waals surface area contributed by atoms with Gasteiger partial charge in [-0.2, -0.15) is 0 Å². The van der Waals surface area contributed by atoms with Crippen molar-refractivity contribution in [2.75, 3.05) is 71.5 Å². The minimum absolute atomic E-state index is 0. The number of piperazine rings is 1. The Kier molecular flexibility index (Phi) is 10.9. The number of piperidine rings is 1. The number of rotatable bonds is 6. The number of nitrogens with zero attached hydrogens (tertiary/aromatic N) is 5. The summed E-state index contributed by atoms with van der Waals surface area (Å²) in [6.45, 7) is 8.50. The van der Waals surface area contributed by atoms with Gasteiger partial charge in [0.1, 0.15) is 5.82 Å². The van der Waals surface area contributed by atoms with E-state index in [2.05, 4.69) is 38.1 Å². The first-order valence-corrected chi connectivity index (χ1v) is 12.3. The van der Waals surface area contributed by atoms with Gasteiger partial charge in [0.05, 0.1) is 18.8 Å². The molecule has 0 aromatic carbocycles. The van der Waals surface area contributed by atoms with Gasteiger partial charge < -0.3 is 29.5 Å². The van der Waals surface area contributed by atoms with Gasteiger partial charge in [-0.3, -0.25) is 4.99 Å². The predicted octanol–water partition coefficient (Wildman–Crippen LogP) is 2.58. The molecule has 3 saturated heterocycles. The van der Waals surface area contributed by atoms with Crippen molar-refractivity contribution in [2.45, 2.75) is 50.9 Å². The van der Waals surface area contributed by atoms with Crippen LogP contribution in [-0.2, 0) is 16.0 Å². The van der Waals surface area contributed by atoms with Gasteiger partial charge in [-0.05, 0) is 45.2 Å². The zero-order valence-electron chi connectivity index (χ0n) is 20.2. The van der Waals surface area contributed by atoms with Crippen LogP contribution in [0.15, 0.2) is 23.3 Å². The zero-order chi connectivity index (χ0) is 22.2. The third-order valence-corrected chi connectivity index (χ3v) is 6.85. The first kappa shape index (κ1) is 26.4. The Balaban J connectivity index is 0.00000306. The molecule has 1 atom stereocenters. The highest BCUT2D eigenvalue weighted by molar-refractivity contribution is 14.0. The lowest BCUT2D eigenvalue weighted by Gasteiger charge is -2.36. The largest absolute Gasteiger partial charge is 0.376 e. The summed E-state index contributed by atoms with van der Waals surface area (Å²) in [7, 11) is 4.05. The summed E-state index contributed by atoms with van der Waals surface area (Å²) in [5.74, 6) is 2.06. The van der Waals surface area contributed by atoms with Crippen LogP contribution in [0, 0.1) is 0 Å². The lowest BCUT2D eigenvalue weighted by molar-refractivity contribution is -0.0721. The van der Waals surface area contributed by atoms with Crippen molar-refractivity contribution in [3.05, 3.63) is 23.9 Å². The maximum absolute atomic E-state index is 6.17. The molecule has 4 rings (SSSR count). The van der Waals surface area contributed by atoms with Crippen LogP contribution < -0.4 is 10.2 Å². The third kappa shape index (κ3) is 7.66. The predicted molar refractivity (Wildman–Crippen MR) is 144 cm³/mol. The summed E-state index contributed by atoms with van der Waals surface area (Å²) >= 11 is 0. The lowest BCUT2D eigenvalue weighted by Crippen LogP contribution is -2.47. The van der Waals surface area contributed by atoms with Crippen molar-refractivity contribution in [2.24, 2.45) is 4.99 Å². The average molecular weight is 573 g/mol. The molecule has 1 aromatic rings. The van der Waals surface area contributed by atoms with E-state index >= 15 is 0 Å². The van der Waals surface area contributed by atoms with E-state index < -0.39 is 0 Å². The van der Waals surface area contributed by atoms with Gasteiger partial charge in [0, 0.05) is 71.2 Å². The van der Waals surface area contributed by atoms with Crippen LogP contribution in [0.2, 0.25) is 0 Å². The summed E-state index contributed by atoms with van der Waals surface area (Å²) < 4.78 is 12.0. The van der Waals surface area contributed by atoms with Gasteiger partial charge in [0.2, 0.25) is 0 Å². The highest BCUT2D eigenvalue weighted by Crippen LogP contribution is 2.20. The molecule has 0 bridgehead atoms. The molecule has 3 aliphatic rings. The Labute approximate surface area is 216 Å². The number of hydrogen-bond acceptors (Lipinski definition) is 6. The molecule has 33 heavy (non-hydrogen) atoms. The van der Waals surface area contributed by atoms with Gasteiger partial charge in [0.25, 0.3) is 0 Å². The van der Waals surface area contributed by atoms with Crippen LogP contribution in [0.5, 0.6) is 0 Å². The maximum Gasteiger partial charge on any atom is 0.193 e. The third-order valence-electron chi connectivity index (χ3n) is 6.85. The zero-order valence-corrected chi connectivity index (χ0v) is 22.6. The van der Waals surface area contributed by atoms with Gasteiger partial charge in [-0.15, -0.1) is 24.0 Å². The minimum Gasteiger partial charge on any atom is -0.376 e. The Morgan fingerprint density at radius 2 is 1.94 bits per heavy atom. The Morgan fingerprint density at radius 1 is 1.15 bits per heavy atom. The fourth-order valence-corrected chi connectivity index (χ4v) is 4.79. The molecule has 0 aliphatic carbocycles. The quantitative estimate of drug-likeness (QED) is 0.320. The van der Waals surface area contributed by atoms with E-state index in [0.717, 1.165) is 90.1 Å². The molecular formula is C24H41IN6O2. The van der Waals surface area contributed by atoms with Crippen molar-refractivity contribution < 1.29 is 9.47 Å². The van der Waals surface area contributed by atoms with E-state index in [1.165, 1.54) is 18.4 Å². The van der Waals surface area contributed by atoms with E-state index in [1.807, 2.05) is 19.3 Å². The first-order chi connectivity index (χ1) is 15.7. The van der Waals surface area contributed by atoms with Crippen LogP contribution in [0.3, 0.4) is 0 Å². The maximum atomic E-state index is 6.17. The molecule has 0 amide bonds. The van der Waals surface area contributed by atoms with Crippen molar-refractivity contribution in [3.8, 4) is 0 Å². The van der Waals surface area contributed by atoms with Gasteiger partial charge in [0.15, 0.2) is 5.96 Å². The number of guanidine groups is 1. The van der Waals surface area contributed by atoms with E-state index in [-0.39, 0.29) is 24.0 Å². The number of aromatic nitrogens is 1. The summed E-state index contributed by atoms with van der Waals surface area (Å²) in [6, 6.07) is 4.20. The van der Waals surface area contributed by atoms with Crippen molar-refractivity contribution in [1.29, 1.82) is 0 Å². The van der Waals surface area contributed by atoms with Gasteiger partial charge >= 0.3 is 0 Å². The number of halogens is 1. The number of likely N-dealkylation sites (tertiary alicyclic amines) is 1. The molecule has 4 heterocycles. The standard InChI is InChI=1S/C24H40N6O2.HI/c1-25-24(30-11-8-21(9-12-30)32-19-22-7-3-4-17-31-22)27-18-20-6-5-10-26-23(20)29-15-13-28(2)14-16-29;/h5-6,10,21-22H,3-4,7-9,11-19H2,1-2H3,(H,25,27);1H. The highest BCUT2D eigenvalue weighted by atomic mass is 127. The number of pyridine rings is 1. The van der Waals surface area contributed by atoms with E-state index in [4.69, 9.17) is 14.5 Å². The number of hydrogen-bond donors (Lipinski definition) is 1. The Hall–Kier alpha value is -1.17. The van der Waals surface area contributed by atoms with Gasteiger partial charge in [-0.1, -0.05) is 6.07 Å². The SMILES string of the molecule is CN=C(NCc1cccnc1N1CCN(C)CC1)N1CCC(OCC2CCCCO2)CC1.I. The molecule has 1 aromatic heterocycles. The van der Waals surface area contributed by atoms with Crippen LogP contribution in [0.1, 0.15) is 37.7 Å². The molecule has 0 spiro atoms. The minimum atomic E-state index is 0. The molecule has 0 saturated carbocycles. The molecule has 0 radical (unpaired) electrons. The Morgan fingerprint density at radius 3 is 2.64 bits per heavy atom. The molecule has 9 heteroatoms. The van der Waals surface area contributed by atoms with Crippen molar-refractivity contribution >= 4 is 35.8 Å². The molecule has 8 nitrogen and oxygen atoms in total. The van der Waals surface area contributed by atoms with Crippen LogP contribution in [0.4, 0.5) is 5.82 Å². The molecule has 3 aliphatic heterocycles. The second kappa shape index (κ2) is 13.7. The normalized spacial score (nSPS) is 23.3. The van der Waals surface area contributed by atoms with Gasteiger partial charge in [-0.25, -0.2) is 4.98 Å². The number of aliphatic imine (C=N–C) groups is 1. The lowest BCUT2D eigenvalue weighted by atomic mass is 10.1. The van der Waals surface area contributed by atoms with E-state index in [9.17, 15) is 0 Å². The van der Waals surface area contributed by atoms with Crippen molar-refractivity contribution in [3.63, 3.8) is 0 Å². The van der Waals surface area contributed by atoms with Crippen LogP contribution >= 0.6 is 24.0 Å². The fraction of sp³-hybridized carbons (Fsp3) is 0.750. The summed E-state index contributed by atoms with van der Waals surface area (Å²) in [6.07, 6.45) is 8.19. The molecule has 1 N–H and O–H groups in total. The second-order valence-electron chi connectivity index (χ2n) is 9.19. The number of likely N-dealkylation sites (N-methyl/N-ethyl adjacent to an activating group) is 1. The number of anilines is 1. The highest BCUT2D eigenvalue weighted by Gasteiger charge is 2.24. The first-order valence-electron chi connectivity index (χ1n) is 12.3. The second-order valence-corrected chi connectivity index (χ2v) is 9.19. The molecule has 3 fully saturated rings. The summed E-state index contributed by atoms with van der Waals surface area (Å²) in [4.78, 5) is 16.4. The van der Waals surface area contributed by atoms with E-state index in [0.29, 0.717) is 12.2 Å². The van der Waals surface area contributed by atoms with E-state index in [1.54, 1.807) is 0 Å². The topological polar surface area (TPSA) is 65.5 Å². The molecule has 186 valence electrons. The monoisotopic (exact) mass is 572 g/mol. The van der Waals surface area contributed by atoms with Crippen LogP contribution in [0.25, 0.3) is 0 Å². The molecule has 1 unspecified atom stereocenters. The fourth-order valence-electron chi connectivity index (χ4n) is 4.79. The van der Waals surface area contributed by atoms with Crippen molar-refractivity contribution in [1.82, 2.24) is 20.1 Å². The smallest absolute Gasteiger partial charge is 0.193 e. The summed E-state index contributed by atoms with van der Waals surface area (Å²) in [5.41, 5.74) is 1.23. The summed E-state index contributed by atoms with van der Waals surface area (Å²) in [5, 5.41) is 3.58. The average Bonchev–Trinajstić information content (AvgIpc) is 2.85. The van der Waals surface area contributed by atoms with Crippen LogP contribution in [-0.4, -0.2) is 99.5 Å². The number of nitrogens with one attached hydrogen (secondary N) is 1.